The summed E-state index contributed by atoms with van der Waals surface area (Å²) in [5, 5.41) is 0. The van der Waals surface area contributed by atoms with Crippen molar-refractivity contribution >= 4 is 17.9 Å². The maximum Gasteiger partial charge on any atom is 0.337 e. The van der Waals surface area contributed by atoms with Crippen LogP contribution in [0.2, 0.25) is 0 Å². The lowest BCUT2D eigenvalue weighted by Crippen LogP contribution is -2.03. The zero-order valence-corrected chi connectivity index (χ0v) is 16.4. The van der Waals surface area contributed by atoms with Gasteiger partial charge in [0.2, 0.25) is 0 Å². The first-order valence-electron chi connectivity index (χ1n) is 8.89. The molecule has 1 heterocycles. The number of aryl methyl sites for hydroxylation is 3. The summed E-state index contributed by atoms with van der Waals surface area (Å²) in [5.41, 5.74) is 8.28. The number of hydrogen-bond acceptors (Lipinski definition) is 3. The molecular weight excluding hydrogens is 336 g/mol. The third-order valence-electron chi connectivity index (χ3n) is 4.86. The molecule has 0 radical (unpaired) electrons. The van der Waals surface area contributed by atoms with Crippen molar-refractivity contribution < 1.29 is 9.53 Å². The highest BCUT2D eigenvalue weighted by atomic mass is 16.5. The molecule has 0 spiro atoms. The van der Waals surface area contributed by atoms with Crippen molar-refractivity contribution in [2.24, 2.45) is 4.99 Å². The van der Waals surface area contributed by atoms with Crippen LogP contribution in [0.25, 0.3) is 5.69 Å². The van der Waals surface area contributed by atoms with E-state index in [4.69, 9.17) is 4.74 Å². The van der Waals surface area contributed by atoms with Gasteiger partial charge in [-0.05, 0) is 81.3 Å². The molecular formula is C23H24N2O2. The summed E-state index contributed by atoms with van der Waals surface area (Å²) in [6.07, 6.45) is 1.91. The number of rotatable bonds is 4. The number of nitrogens with zero attached hydrogens (tertiary/aromatic N) is 2. The van der Waals surface area contributed by atoms with Gasteiger partial charge in [-0.15, -0.1) is 0 Å². The van der Waals surface area contributed by atoms with Crippen molar-refractivity contribution in [3.05, 3.63) is 82.2 Å². The predicted molar refractivity (Wildman–Crippen MR) is 110 cm³/mol. The first-order chi connectivity index (χ1) is 12.9. The molecule has 0 fully saturated rings. The standard InChI is InChI=1S/C23H24N2O2/c1-15-6-9-21(12-16(15)2)24-14-20-13-17(3)25(18(20)4)22-10-7-19(8-11-22)23(26)27-5/h6-14H,1-5H3. The van der Waals surface area contributed by atoms with Crippen LogP contribution in [-0.2, 0) is 4.74 Å². The van der Waals surface area contributed by atoms with Gasteiger partial charge in [-0.25, -0.2) is 4.79 Å². The van der Waals surface area contributed by atoms with E-state index >= 15 is 0 Å². The predicted octanol–water partition coefficient (Wildman–Crippen LogP) is 5.25. The van der Waals surface area contributed by atoms with Crippen molar-refractivity contribution in [1.82, 2.24) is 4.57 Å². The smallest absolute Gasteiger partial charge is 0.337 e. The van der Waals surface area contributed by atoms with E-state index in [-0.39, 0.29) is 5.97 Å². The zero-order chi connectivity index (χ0) is 19.6. The van der Waals surface area contributed by atoms with Crippen LogP contribution in [0.5, 0.6) is 0 Å². The molecule has 0 N–H and O–H groups in total. The highest BCUT2D eigenvalue weighted by Crippen LogP contribution is 2.22. The van der Waals surface area contributed by atoms with Gasteiger partial charge >= 0.3 is 5.97 Å². The number of ether oxygens (including phenoxy) is 1. The molecule has 0 amide bonds. The lowest BCUT2D eigenvalue weighted by atomic mass is 10.1. The summed E-state index contributed by atoms with van der Waals surface area (Å²) >= 11 is 0. The van der Waals surface area contributed by atoms with Gasteiger partial charge in [-0.3, -0.25) is 4.99 Å². The van der Waals surface area contributed by atoms with E-state index in [2.05, 4.69) is 55.5 Å². The number of methoxy groups -OCH3 is 1. The van der Waals surface area contributed by atoms with Crippen LogP contribution in [0.3, 0.4) is 0 Å². The van der Waals surface area contributed by atoms with Crippen molar-refractivity contribution in [2.75, 3.05) is 7.11 Å². The van der Waals surface area contributed by atoms with E-state index < -0.39 is 0 Å². The number of carbonyl (C=O) groups is 1. The Bertz CT molecular complexity index is 1010. The largest absolute Gasteiger partial charge is 0.465 e. The summed E-state index contributed by atoms with van der Waals surface area (Å²) in [7, 11) is 1.39. The fraction of sp³-hybridized carbons (Fsp3) is 0.217. The topological polar surface area (TPSA) is 43.6 Å². The lowest BCUT2D eigenvalue weighted by molar-refractivity contribution is 0.0601. The number of esters is 1. The van der Waals surface area contributed by atoms with E-state index in [9.17, 15) is 4.79 Å². The quantitative estimate of drug-likeness (QED) is 0.471. The third-order valence-corrected chi connectivity index (χ3v) is 4.86. The van der Waals surface area contributed by atoms with Crippen LogP contribution in [0.4, 0.5) is 5.69 Å². The fourth-order valence-electron chi connectivity index (χ4n) is 3.13. The van der Waals surface area contributed by atoms with Crippen LogP contribution in [0, 0.1) is 27.7 Å². The number of aromatic nitrogens is 1. The van der Waals surface area contributed by atoms with Crippen LogP contribution in [0.15, 0.2) is 53.5 Å². The fourth-order valence-corrected chi connectivity index (χ4v) is 3.13. The number of hydrogen-bond donors (Lipinski definition) is 0. The Balaban J connectivity index is 1.91. The number of carbonyl (C=O) groups excluding carboxylic acids is 1. The molecule has 2 aromatic carbocycles. The number of benzene rings is 2. The van der Waals surface area contributed by atoms with E-state index in [1.165, 1.54) is 18.2 Å². The monoisotopic (exact) mass is 360 g/mol. The van der Waals surface area contributed by atoms with Crippen LogP contribution >= 0.6 is 0 Å². The molecule has 3 rings (SSSR count). The van der Waals surface area contributed by atoms with Crippen molar-refractivity contribution in [2.45, 2.75) is 27.7 Å². The Morgan fingerprint density at radius 2 is 1.67 bits per heavy atom. The zero-order valence-electron chi connectivity index (χ0n) is 16.4. The summed E-state index contributed by atoms with van der Waals surface area (Å²) in [4.78, 5) is 16.3. The summed E-state index contributed by atoms with van der Waals surface area (Å²) < 4.78 is 6.92. The van der Waals surface area contributed by atoms with Gasteiger partial charge in [0, 0.05) is 28.9 Å². The lowest BCUT2D eigenvalue weighted by Gasteiger charge is -2.10. The molecule has 0 aliphatic heterocycles. The van der Waals surface area contributed by atoms with E-state index in [1.54, 1.807) is 12.1 Å². The van der Waals surface area contributed by atoms with Gasteiger partial charge in [-0.1, -0.05) is 6.07 Å². The normalized spacial score (nSPS) is 11.1. The molecule has 4 nitrogen and oxygen atoms in total. The summed E-state index contributed by atoms with van der Waals surface area (Å²) in [6, 6.07) is 15.8. The van der Waals surface area contributed by atoms with Crippen molar-refractivity contribution in [3.63, 3.8) is 0 Å². The molecule has 0 bridgehead atoms. The van der Waals surface area contributed by atoms with Gasteiger partial charge < -0.3 is 9.30 Å². The molecule has 0 aliphatic rings. The van der Waals surface area contributed by atoms with Gasteiger partial charge in [0.1, 0.15) is 0 Å². The Labute approximate surface area is 160 Å². The van der Waals surface area contributed by atoms with Gasteiger partial charge in [0.05, 0.1) is 18.4 Å². The maximum atomic E-state index is 11.6. The maximum absolute atomic E-state index is 11.6. The first kappa shape index (κ1) is 18.6. The molecule has 0 aliphatic carbocycles. The van der Waals surface area contributed by atoms with Gasteiger partial charge in [0.25, 0.3) is 0 Å². The van der Waals surface area contributed by atoms with Crippen molar-refractivity contribution in [1.29, 1.82) is 0 Å². The van der Waals surface area contributed by atoms with Gasteiger partial charge in [-0.2, -0.15) is 0 Å². The molecule has 27 heavy (non-hydrogen) atoms. The molecule has 0 saturated carbocycles. The Morgan fingerprint density at radius 3 is 2.30 bits per heavy atom. The average molecular weight is 360 g/mol. The van der Waals surface area contributed by atoms with E-state index in [0.717, 1.165) is 28.3 Å². The molecule has 1 aromatic heterocycles. The SMILES string of the molecule is COC(=O)c1ccc(-n2c(C)cc(C=Nc3ccc(C)c(C)c3)c2C)cc1. The molecule has 0 saturated heterocycles. The molecule has 4 heteroatoms. The minimum atomic E-state index is -0.330. The minimum Gasteiger partial charge on any atom is -0.465 e. The average Bonchev–Trinajstić information content (AvgIpc) is 2.95. The van der Waals surface area contributed by atoms with Crippen molar-refractivity contribution in [3.8, 4) is 5.69 Å². The molecule has 3 aromatic rings. The highest BCUT2D eigenvalue weighted by Gasteiger charge is 2.11. The third kappa shape index (κ3) is 3.85. The Hall–Kier alpha value is -3.14. The second-order valence-corrected chi connectivity index (χ2v) is 6.73. The van der Waals surface area contributed by atoms with E-state index in [0.29, 0.717) is 5.56 Å². The molecule has 0 unspecified atom stereocenters. The second kappa shape index (κ2) is 7.62. The second-order valence-electron chi connectivity index (χ2n) is 6.73. The number of aliphatic imine (C=N–C) groups is 1. The van der Waals surface area contributed by atoms with E-state index in [1.807, 2.05) is 24.4 Å². The first-order valence-corrected chi connectivity index (χ1v) is 8.89. The Morgan fingerprint density at radius 1 is 0.963 bits per heavy atom. The Kier molecular flexibility index (Phi) is 5.26. The van der Waals surface area contributed by atoms with Crippen LogP contribution in [0.1, 0.15) is 38.4 Å². The summed E-state index contributed by atoms with van der Waals surface area (Å²) in [5.74, 6) is -0.330. The van der Waals surface area contributed by atoms with Crippen LogP contribution in [-0.4, -0.2) is 23.9 Å². The molecule has 0 atom stereocenters. The van der Waals surface area contributed by atoms with Gasteiger partial charge in [0.15, 0.2) is 0 Å². The van der Waals surface area contributed by atoms with Crippen LogP contribution < -0.4 is 0 Å². The molecule has 138 valence electrons. The minimum absolute atomic E-state index is 0.330. The highest BCUT2D eigenvalue weighted by molar-refractivity contribution is 5.89. The summed E-state index contributed by atoms with van der Waals surface area (Å²) in [6.45, 7) is 8.33.